The molecule has 0 saturated heterocycles. The Hall–Kier alpha value is -2.99. The summed E-state index contributed by atoms with van der Waals surface area (Å²) in [5.41, 5.74) is 2.21. The van der Waals surface area contributed by atoms with E-state index < -0.39 is 64.4 Å². The molecule has 21 heteroatoms. The largest absolute Gasteiger partial charge is 0.481 e. The SMILES string of the molecule is CC1=NN(CCCS(=O)(=O)O)\C(=C/C=C/C=C/C2=[N+](CCCCCC(=O)O)c3ccc(SOOO)cc3C2(C)CCCS(=O)(=O)O)C1(C)CCCS(=O)(=O)O. The summed E-state index contributed by atoms with van der Waals surface area (Å²) < 4.78 is 104. The van der Waals surface area contributed by atoms with Gasteiger partial charge < -0.3 is 5.11 Å². The molecule has 0 aliphatic carbocycles. The molecule has 2 atom stereocenters. The molecule has 0 aromatic heterocycles. The van der Waals surface area contributed by atoms with Crippen LogP contribution in [0.25, 0.3) is 0 Å². The summed E-state index contributed by atoms with van der Waals surface area (Å²) >= 11 is 0.768. The monoisotopic (exact) mass is 852 g/mol. The zero-order valence-corrected chi connectivity index (χ0v) is 34.2. The molecule has 0 saturated carbocycles. The molecule has 2 aliphatic rings. The molecule has 2 aliphatic heterocycles. The quantitative estimate of drug-likeness (QED) is 0.0165. The highest BCUT2D eigenvalue weighted by Crippen LogP contribution is 2.45. The third kappa shape index (κ3) is 14.2. The average molecular weight is 853 g/mol. The van der Waals surface area contributed by atoms with Gasteiger partial charge in [0.25, 0.3) is 30.4 Å². The molecule has 0 fully saturated rings. The van der Waals surface area contributed by atoms with Crippen LogP contribution in [0.2, 0.25) is 0 Å². The van der Waals surface area contributed by atoms with Crippen LogP contribution >= 0.6 is 12.0 Å². The summed E-state index contributed by atoms with van der Waals surface area (Å²) in [5.74, 6) is -2.27. The Balaban J connectivity index is 2.04. The third-order valence-corrected chi connectivity index (χ3v) is 12.7. The van der Waals surface area contributed by atoms with E-state index in [4.69, 9.17) is 10.4 Å². The molecule has 17 nitrogen and oxygen atoms in total. The first-order valence-corrected chi connectivity index (χ1v) is 23.1. The van der Waals surface area contributed by atoms with E-state index in [1.165, 1.54) is 0 Å². The number of unbranched alkanes of at least 4 members (excludes halogenated alkanes) is 2. The van der Waals surface area contributed by atoms with Crippen LogP contribution in [0.4, 0.5) is 5.69 Å². The van der Waals surface area contributed by atoms with Gasteiger partial charge in [0.05, 0.1) is 34.7 Å². The van der Waals surface area contributed by atoms with Crippen molar-refractivity contribution >= 4 is 65.5 Å². The second-order valence-corrected chi connectivity index (χ2v) is 19.3. The van der Waals surface area contributed by atoms with Crippen LogP contribution < -0.4 is 0 Å². The number of allylic oxidation sites excluding steroid dienone is 6. The summed E-state index contributed by atoms with van der Waals surface area (Å²) in [6, 6.07) is 5.46. The molecular weight excluding hydrogens is 803 g/mol. The van der Waals surface area contributed by atoms with Crippen LogP contribution in [0.1, 0.15) is 84.1 Å². The number of rotatable bonds is 24. The molecule has 1 aromatic rings. The van der Waals surface area contributed by atoms with Gasteiger partial charge >= 0.3 is 5.97 Å². The Morgan fingerprint density at radius 3 is 2.09 bits per heavy atom. The minimum atomic E-state index is -4.25. The molecule has 0 bridgehead atoms. The van der Waals surface area contributed by atoms with E-state index in [0.717, 1.165) is 29.0 Å². The van der Waals surface area contributed by atoms with Gasteiger partial charge in [-0.15, -0.1) is 4.33 Å². The maximum atomic E-state index is 11.7. The van der Waals surface area contributed by atoms with E-state index in [0.29, 0.717) is 55.0 Å². The Morgan fingerprint density at radius 1 is 0.873 bits per heavy atom. The van der Waals surface area contributed by atoms with Crippen LogP contribution in [-0.4, -0.2) is 107 Å². The molecule has 0 spiro atoms. The predicted molar refractivity (Wildman–Crippen MR) is 207 cm³/mol. The molecular formula is C34H50N3O14S4+. The number of hydrogen-bond acceptors (Lipinski definition) is 13. The van der Waals surface area contributed by atoms with E-state index in [1.54, 1.807) is 42.3 Å². The van der Waals surface area contributed by atoms with Gasteiger partial charge in [0.1, 0.15) is 6.54 Å². The van der Waals surface area contributed by atoms with Gasteiger partial charge in [-0.3, -0.25) is 23.5 Å². The fourth-order valence-electron chi connectivity index (χ4n) is 6.90. The first-order chi connectivity index (χ1) is 25.6. The number of benzene rings is 1. The number of hydrazone groups is 1. The standard InChI is InChI=1S/C34H49N3O14S4/c1-26-33(2,18-10-22-53(41,42)43)31(37(35-26)21-12-24-55(47,48)49)14-7-4-6-13-30-34(3,19-11-23-54(44,45)46)28-25-27(52-51-50-40)16-17-29(28)36(30)20-9-5-8-15-32(38)39/h4,6-7,13-14,16-17,25H,5,8-12,15,18-24H2,1-3H3,(H4-,38,39,40,41,42,43,44,45,46,47,48,49)/p+1. The first-order valence-electron chi connectivity index (χ1n) is 17.5. The number of carbonyl (C=O) groups is 1. The lowest BCUT2D eigenvalue weighted by Gasteiger charge is -2.29. The summed E-state index contributed by atoms with van der Waals surface area (Å²) in [6.45, 7) is 6.25. The number of fused-ring (bicyclic) bond motifs is 1. The van der Waals surface area contributed by atoms with E-state index in [1.807, 2.05) is 32.1 Å². The van der Waals surface area contributed by atoms with Crippen LogP contribution in [-0.2, 0) is 49.9 Å². The fraction of sp³-hybridized carbons (Fsp3) is 0.559. The van der Waals surface area contributed by atoms with Crippen molar-refractivity contribution in [3.05, 3.63) is 59.8 Å². The minimum Gasteiger partial charge on any atom is -0.481 e. The fourth-order valence-corrected chi connectivity index (χ4v) is 8.81. The number of hydrogen-bond donors (Lipinski definition) is 5. The normalized spacial score (nSPS) is 21.4. The van der Waals surface area contributed by atoms with E-state index >= 15 is 0 Å². The summed E-state index contributed by atoms with van der Waals surface area (Å²) in [4.78, 5) is 11.7. The summed E-state index contributed by atoms with van der Waals surface area (Å²) in [7, 11) is -12.7. The van der Waals surface area contributed by atoms with Crippen LogP contribution in [0.3, 0.4) is 0 Å². The van der Waals surface area contributed by atoms with E-state index in [-0.39, 0.29) is 32.2 Å². The van der Waals surface area contributed by atoms with Crippen molar-refractivity contribution in [2.45, 2.75) is 88.9 Å². The first kappa shape index (κ1) is 46.4. The molecule has 3 rings (SSSR count). The zero-order valence-electron chi connectivity index (χ0n) is 30.9. The smallest absolute Gasteiger partial charge is 0.303 e. The highest BCUT2D eigenvalue weighted by Gasteiger charge is 2.47. The molecule has 55 heavy (non-hydrogen) atoms. The summed E-state index contributed by atoms with van der Waals surface area (Å²) in [5, 5.41) is 27.8. The second kappa shape index (κ2) is 19.9. The molecule has 0 radical (unpaired) electrons. The van der Waals surface area contributed by atoms with Crippen LogP contribution in [0.5, 0.6) is 0 Å². The molecule has 2 heterocycles. The Bertz CT molecular complexity index is 2030. The lowest BCUT2D eigenvalue weighted by molar-refractivity contribution is -0.438. The molecule has 1 aromatic carbocycles. The Morgan fingerprint density at radius 2 is 1.49 bits per heavy atom. The topological polar surface area (TPSA) is 258 Å². The van der Waals surface area contributed by atoms with Gasteiger partial charge in [0, 0.05) is 58.8 Å². The van der Waals surface area contributed by atoms with Crippen molar-refractivity contribution in [1.82, 2.24) is 5.01 Å². The number of nitrogens with zero attached hydrogens (tertiary/aromatic N) is 3. The van der Waals surface area contributed by atoms with Crippen LogP contribution in [0.15, 0.2) is 64.3 Å². The molecule has 5 N–H and O–H groups in total. The molecule has 0 amide bonds. The van der Waals surface area contributed by atoms with Crippen molar-refractivity contribution in [1.29, 1.82) is 0 Å². The predicted octanol–water partition coefficient (Wildman–Crippen LogP) is 5.42. The molecule has 2 unspecified atom stereocenters. The van der Waals surface area contributed by atoms with E-state index in [2.05, 4.69) is 19.0 Å². The zero-order chi connectivity index (χ0) is 41.1. The maximum absolute atomic E-state index is 11.7. The lowest BCUT2D eigenvalue weighted by Crippen LogP contribution is -2.32. The van der Waals surface area contributed by atoms with Gasteiger partial charge in [-0.25, -0.2) is 5.26 Å². The van der Waals surface area contributed by atoms with Crippen molar-refractivity contribution in [2.24, 2.45) is 10.5 Å². The van der Waals surface area contributed by atoms with Crippen molar-refractivity contribution < 1.29 is 68.0 Å². The second-order valence-electron chi connectivity index (χ2n) is 13.8. The number of carboxylic acid groups (broad SMARTS) is 1. The van der Waals surface area contributed by atoms with Gasteiger partial charge in [0.15, 0.2) is 5.71 Å². The Labute approximate surface area is 326 Å². The minimum absolute atomic E-state index is 0.0380. The van der Waals surface area contributed by atoms with Gasteiger partial charge in [0.2, 0.25) is 5.69 Å². The summed E-state index contributed by atoms with van der Waals surface area (Å²) in [6.07, 6.45) is 11.7. The van der Waals surface area contributed by atoms with Gasteiger partial charge in [-0.1, -0.05) is 23.3 Å². The van der Waals surface area contributed by atoms with Gasteiger partial charge in [-0.2, -0.15) is 34.9 Å². The maximum Gasteiger partial charge on any atom is 0.303 e. The lowest BCUT2D eigenvalue weighted by atomic mass is 9.76. The number of aliphatic carboxylic acids is 1. The van der Waals surface area contributed by atoms with Crippen LogP contribution in [0, 0.1) is 5.41 Å². The highest BCUT2D eigenvalue weighted by molar-refractivity contribution is 7.94. The van der Waals surface area contributed by atoms with Crippen molar-refractivity contribution in [2.75, 3.05) is 30.3 Å². The number of carboxylic acids is 1. The van der Waals surface area contributed by atoms with E-state index in [9.17, 15) is 43.7 Å². The average Bonchev–Trinajstić information content (AvgIpc) is 3.43. The van der Waals surface area contributed by atoms with Crippen molar-refractivity contribution in [3.8, 4) is 0 Å². The Kier molecular flexibility index (Phi) is 16.8. The molecule has 308 valence electrons. The van der Waals surface area contributed by atoms with Gasteiger partial charge in [-0.05, 0) is 83.9 Å². The highest BCUT2D eigenvalue weighted by atomic mass is 32.2. The van der Waals surface area contributed by atoms with Crippen molar-refractivity contribution in [3.63, 3.8) is 0 Å². The third-order valence-electron chi connectivity index (χ3n) is 9.72.